The SMILES string of the molecule is COc1ccccc1-c1noc(CCC(=O)N2CCOCC2)n1. The predicted octanol–water partition coefficient (Wildman–Crippen LogP) is 1.54. The number of ether oxygens (including phenoxy) is 2. The summed E-state index contributed by atoms with van der Waals surface area (Å²) in [5, 5.41) is 3.97. The maximum Gasteiger partial charge on any atom is 0.227 e. The highest BCUT2D eigenvalue weighted by Crippen LogP contribution is 2.27. The maximum absolute atomic E-state index is 12.1. The van der Waals surface area contributed by atoms with Gasteiger partial charge in [0.15, 0.2) is 0 Å². The van der Waals surface area contributed by atoms with Crippen LogP contribution in [0.2, 0.25) is 0 Å². The molecule has 2 heterocycles. The average Bonchev–Trinajstić information content (AvgIpc) is 3.09. The van der Waals surface area contributed by atoms with Crippen LogP contribution in [0.25, 0.3) is 11.4 Å². The van der Waals surface area contributed by atoms with Crippen molar-refractivity contribution in [1.82, 2.24) is 15.0 Å². The Bertz CT molecular complexity index is 665. The molecule has 3 rings (SSSR count). The molecule has 23 heavy (non-hydrogen) atoms. The van der Waals surface area contributed by atoms with Gasteiger partial charge in [-0.25, -0.2) is 0 Å². The van der Waals surface area contributed by atoms with Crippen molar-refractivity contribution in [3.05, 3.63) is 30.2 Å². The van der Waals surface area contributed by atoms with E-state index in [1.807, 2.05) is 24.3 Å². The normalized spacial score (nSPS) is 14.7. The fourth-order valence-electron chi connectivity index (χ4n) is 2.48. The second-order valence-corrected chi connectivity index (χ2v) is 5.21. The first-order chi connectivity index (χ1) is 11.3. The minimum atomic E-state index is 0.0883. The number of rotatable bonds is 5. The Hall–Kier alpha value is -2.41. The Kier molecular flexibility index (Phi) is 4.87. The van der Waals surface area contributed by atoms with Crippen LogP contribution in [0, 0.1) is 0 Å². The summed E-state index contributed by atoms with van der Waals surface area (Å²) in [6.07, 6.45) is 0.784. The van der Waals surface area contributed by atoms with Crippen molar-refractivity contribution in [2.24, 2.45) is 0 Å². The number of carbonyl (C=O) groups is 1. The van der Waals surface area contributed by atoms with E-state index in [1.165, 1.54) is 0 Å². The first kappa shape index (κ1) is 15.5. The summed E-state index contributed by atoms with van der Waals surface area (Å²) < 4.78 is 15.8. The lowest BCUT2D eigenvalue weighted by Crippen LogP contribution is -2.40. The molecule has 1 aliphatic rings. The van der Waals surface area contributed by atoms with Crippen molar-refractivity contribution >= 4 is 5.91 Å². The first-order valence-electron chi connectivity index (χ1n) is 7.59. The highest BCUT2D eigenvalue weighted by molar-refractivity contribution is 5.76. The van der Waals surface area contributed by atoms with E-state index in [-0.39, 0.29) is 5.91 Å². The number of aromatic nitrogens is 2. The van der Waals surface area contributed by atoms with Gasteiger partial charge in [0.25, 0.3) is 0 Å². The van der Waals surface area contributed by atoms with Gasteiger partial charge in [0.1, 0.15) is 5.75 Å². The van der Waals surface area contributed by atoms with E-state index in [4.69, 9.17) is 14.0 Å². The van der Waals surface area contributed by atoms with E-state index in [9.17, 15) is 4.79 Å². The van der Waals surface area contributed by atoms with Crippen molar-refractivity contribution < 1.29 is 18.8 Å². The molecular weight excluding hydrogens is 298 g/mol. The van der Waals surface area contributed by atoms with Crippen LogP contribution in [0.15, 0.2) is 28.8 Å². The van der Waals surface area contributed by atoms with E-state index >= 15 is 0 Å². The van der Waals surface area contributed by atoms with Gasteiger partial charge in [-0.15, -0.1) is 0 Å². The lowest BCUT2D eigenvalue weighted by molar-refractivity contribution is -0.135. The summed E-state index contributed by atoms with van der Waals surface area (Å²) in [6.45, 7) is 2.50. The van der Waals surface area contributed by atoms with Gasteiger partial charge in [-0.3, -0.25) is 4.79 Å². The summed E-state index contributed by atoms with van der Waals surface area (Å²) >= 11 is 0. The highest BCUT2D eigenvalue weighted by Gasteiger charge is 2.18. The quantitative estimate of drug-likeness (QED) is 0.832. The van der Waals surface area contributed by atoms with Crippen LogP contribution in [0.3, 0.4) is 0 Å². The Morgan fingerprint density at radius 1 is 1.30 bits per heavy atom. The van der Waals surface area contributed by atoms with E-state index in [0.29, 0.717) is 56.6 Å². The molecule has 0 aliphatic carbocycles. The Morgan fingerprint density at radius 2 is 2.09 bits per heavy atom. The first-order valence-corrected chi connectivity index (χ1v) is 7.59. The third-order valence-corrected chi connectivity index (χ3v) is 3.73. The van der Waals surface area contributed by atoms with Crippen LogP contribution in [0.5, 0.6) is 5.75 Å². The molecule has 0 spiro atoms. The molecule has 0 atom stereocenters. The van der Waals surface area contributed by atoms with Crippen LogP contribution < -0.4 is 4.74 Å². The van der Waals surface area contributed by atoms with E-state index in [2.05, 4.69) is 10.1 Å². The summed E-state index contributed by atoms with van der Waals surface area (Å²) in [6, 6.07) is 7.47. The molecule has 7 nitrogen and oxygen atoms in total. The molecule has 122 valence electrons. The van der Waals surface area contributed by atoms with Crippen LogP contribution in [0.1, 0.15) is 12.3 Å². The Morgan fingerprint density at radius 3 is 2.87 bits per heavy atom. The van der Waals surface area contributed by atoms with Crippen LogP contribution in [-0.2, 0) is 16.0 Å². The predicted molar refractivity (Wildman–Crippen MR) is 82.0 cm³/mol. The molecule has 0 saturated carbocycles. The van der Waals surface area contributed by atoms with Gasteiger partial charge in [0.2, 0.25) is 17.6 Å². The molecule has 7 heteroatoms. The van der Waals surface area contributed by atoms with Crippen LogP contribution in [0.4, 0.5) is 0 Å². The second-order valence-electron chi connectivity index (χ2n) is 5.21. The molecule has 1 aliphatic heterocycles. The smallest absolute Gasteiger partial charge is 0.227 e. The van der Waals surface area contributed by atoms with E-state index < -0.39 is 0 Å². The molecule has 2 aromatic rings. The molecular formula is C16H19N3O4. The van der Waals surface area contributed by atoms with Crippen molar-refractivity contribution in [3.8, 4) is 17.1 Å². The lowest BCUT2D eigenvalue weighted by atomic mass is 10.2. The minimum Gasteiger partial charge on any atom is -0.496 e. The zero-order chi connectivity index (χ0) is 16.1. The zero-order valence-corrected chi connectivity index (χ0v) is 13.0. The van der Waals surface area contributed by atoms with E-state index in [0.717, 1.165) is 5.56 Å². The Balaban J connectivity index is 1.62. The summed E-state index contributed by atoms with van der Waals surface area (Å²) in [4.78, 5) is 18.3. The molecule has 1 fully saturated rings. The fourth-order valence-corrected chi connectivity index (χ4v) is 2.48. The number of nitrogens with zero attached hydrogens (tertiary/aromatic N) is 3. The van der Waals surface area contributed by atoms with Gasteiger partial charge in [0.05, 0.1) is 25.9 Å². The molecule has 1 aromatic carbocycles. The topological polar surface area (TPSA) is 77.7 Å². The monoisotopic (exact) mass is 317 g/mol. The molecule has 0 unspecified atom stereocenters. The number of aryl methyl sites for hydroxylation is 1. The second kappa shape index (κ2) is 7.23. The molecule has 1 aromatic heterocycles. The largest absolute Gasteiger partial charge is 0.496 e. The van der Waals surface area contributed by atoms with Gasteiger partial charge < -0.3 is 18.9 Å². The molecule has 0 radical (unpaired) electrons. The highest BCUT2D eigenvalue weighted by atomic mass is 16.5. The standard InChI is InChI=1S/C16H19N3O4/c1-21-13-5-3-2-4-12(13)16-17-14(23-18-16)6-7-15(20)19-8-10-22-11-9-19/h2-5H,6-11H2,1H3. The number of benzene rings is 1. The number of hydrogen-bond acceptors (Lipinski definition) is 6. The number of amides is 1. The lowest BCUT2D eigenvalue weighted by Gasteiger charge is -2.26. The van der Waals surface area contributed by atoms with Gasteiger partial charge in [-0.2, -0.15) is 4.98 Å². The number of methoxy groups -OCH3 is 1. The minimum absolute atomic E-state index is 0.0883. The maximum atomic E-state index is 12.1. The van der Waals surface area contributed by atoms with Gasteiger partial charge >= 0.3 is 0 Å². The third-order valence-electron chi connectivity index (χ3n) is 3.73. The summed E-state index contributed by atoms with van der Waals surface area (Å²) in [5.41, 5.74) is 0.768. The van der Waals surface area contributed by atoms with E-state index in [1.54, 1.807) is 12.0 Å². The molecule has 1 saturated heterocycles. The third kappa shape index (κ3) is 3.68. The zero-order valence-electron chi connectivity index (χ0n) is 13.0. The number of morpholine rings is 1. The van der Waals surface area contributed by atoms with Crippen molar-refractivity contribution in [3.63, 3.8) is 0 Å². The average molecular weight is 317 g/mol. The van der Waals surface area contributed by atoms with Gasteiger partial charge in [-0.05, 0) is 12.1 Å². The van der Waals surface area contributed by atoms with Crippen molar-refractivity contribution in [2.45, 2.75) is 12.8 Å². The number of para-hydroxylation sites is 1. The number of carbonyl (C=O) groups excluding carboxylic acids is 1. The molecule has 0 bridgehead atoms. The molecule has 0 N–H and O–H groups in total. The van der Waals surface area contributed by atoms with Crippen molar-refractivity contribution in [1.29, 1.82) is 0 Å². The molecule has 1 amide bonds. The Labute approximate surface area is 134 Å². The van der Waals surface area contributed by atoms with Gasteiger partial charge in [0, 0.05) is 25.9 Å². The van der Waals surface area contributed by atoms with Crippen LogP contribution >= 0.6 is 0 Å². The van der Waals surface area contributed by atoms with Gasteiger partial charge in [-0.1, -0.05) is 17.3 Å². The fraction of sp³-hybridized carbons (Fsp3) is 0.438. The summed E-state index contributed by atoms with van der Waals surface area (Å²) in [7, 11) is 1.60. The van der Waals surface area contributed by atoms with Crippen molar-refractivity contribution in [2.75, 3.05) is 33.4 Å². The summed E-state index contributed by atoms with van der Waals surface area (Å²) in [5.74, 6) is 1.69. The number of hydrogen-bond donors (Lipinski definition) is 0. The van der Waals surface area contributed by atoms with Crippen LogP contribution in [-0.4, -0.2) is 54.4 Å².